The average molecular weight is 639 g/mol. The van der Waals surface area contributed by atoms with Gasteiger partial charge in [-0.1, -0.05) is 47.5 Å². The van der Waals surface area contributed by atoms with Crippen molar-refractivity contribution in [2.45, 2.75) is 4.90 Å². The first-order valence-corrected chi connectivity index (χ1v) is 14.6. The van der Waals surface area contributed by atoms with E-state index in [9.17, 15) is 12.8 Å². The number of nitrogens with one attached hydrogen (secondary N) is 3. The fraction of sp³-hybridized carbons (Fsp3) is 0. The van der Waals surface area contributed by atoms with Gasteiger partial charge in [0, 0.05) is 17.1 Å². The molecule has 3 aromatic heterocycles. The maximum Gasteiger partial charge on any atom is 0.263 e. The van der Waals surface area contributed by atoms with E-state index in [-0.39, 0.29) is 32.1 Å². The Bertz CT molecular complexity index is 2210. The number of nitrogens with two attached hydrogens (primary N) is 1. The van der Waals surface area contributed by atoms with Crippen molar-refractivity contribution in [2.75, 3.05) is 10.0 Å². The average Bonchev–Trinajstić information content (AvgIpc) is 3.38. The van der Waals surface area contributed by atoms with E-state index in [2.05, 4.69) is 25.0 Å². The van der Waals surface area contributed by atoms with Crippen LogP contribution in [0.3, 0.4) is 0 Å². The molecule has 216 valence electrons. The summed E-state index contributed by atoms with van der Waals surface area (Å²) in [6.07, 6.45) is 2.85. The highest BCUT2D eigenvalue weighted by atomic mass is 35.5. The number of nitrogen functional groups attached to an aromatic ring is 1. The topological polar surface area (TPSA) is 152 Å². The van der Waals surface area contributed by atoms with Gasteiger partial charge in [-0.05, 0) is 42.5 Å². The van der Waals surface area contributed by atoms with Crippen LogP contribution in [0.5, 0.6) is 0 Å². The molecule has 10 nitrogen and oxygen atoms in total. The molecular weight excluding hydrogens is 621 g/mol. The summed E-state index contributed by atoms with van der Waals surface area (Å²) < 4.78 is 60.4. The van der Waals surface area contributed by atoms with Gasteiger partial charge in [0.05, 0.1) is 26.8 Å². The standard InChI is InChI=1S/C28H18Cl2F2N8O2S/c29-16-5-3-7-21(23(16)30)43(41,42)39-18-9-8-17(31)25(24(18)32)38-28-26-19(35-13-36-28)10-11-22(37-26)40-12-15(27(33)34)14-4-1-2-6-20(14)40/h1-13,39H,(H3,33,34)(H,35,36,38). The van der Waals surface area contributed by atoms with Gasteiger partial charge in [0.2, 0.25) is 0 Å². The lowest BCUT2D eigenvalue weighted by molar-refractivity contribution is 0.588. The highest BCUT2D eigenvalue weighted by Crippen LogP contribution is 2.34. The molecule has 0 radical (unpaired) electrons. The van der Waals surface area contributed by atoms with Gasteiger partial charge in [-0.15, -0.1) is 0 Å². The minimum absolute atomic E-state index is 0.0144. The Morgan fingerprint density at radius 1 is 0.977 bits per heavy atom. The predicted molar refractivity (Wildman–Crippen MR) is 162 cm³/mol. The van der Waals surface area contributed by atoms with Gasteiger partial charge >= 0.3 is 0 Å². The Morgan fingerprint density at radius 3 is 2.56 bits per heavy atom. The predicted octanol–water partition coefficient (Wildman–Crippen LogP) is 6.38. The summed E-state index contributed by atoms with van der Waals surface area (Å²) in [5.74, 6) is -2.04. The van der Waals surface area contributed by atoms with Crippen molar-refractivity contribution in [1.82, 2.24) is 19.5 Å². The van der Waals surface area contributed by atoms with Crippen molar-refractivity contribution in [2.24, 2.45) is 5.73 Å². The van der Waals surface area contributed by atoms with Gasteiger partial charge in [0.25, 0.3) is 10.0 Å². The molecule has 0 aliphatic carbocycles. The fourth-order valence-corrected chi connectivity index (χ4v) is 6.32. The fourth-order valence-electron chi connectivity index (χ4n) is 4.49. The van der Waals surface area contributed by atoms with Crippen molar-refractivity contribution >= 4 is 78.2 Å². The highest BCUT2D eigenvalue weighted by molar-refractivity contribution is 7.92. The summed E-state index contributed by atoms with van der Waals surface area (Å²) >= 11 is 12.0. The van der Waals surface area contributed by atoms with Crippen LogP contribution in [-0.4, -0.2) is 33.8 Å². The number of hydrogen-bond donors (Lipinski definition) is 4. The molecule has 5 N–H and O–H groups in total. The molecule has 0 fully saturated rings. The third-order valence-corrected chi connectivity index (χ3v) is 8.84. The Labute approximate surface area is 252 Å². The third kappa shape index (κ3) is 5.07. The Balaban J connectivity index is 1.41. The Morgan fingerprint density at radius 2 is 1.77 bits per heavy atom. The number of pyridine rings is 1. The summed E-state index contributed by atoms with van der Waals surface area (Å²) in [4.78, 5) is 12.6. The molecule has 0 aliphatic rings. The number of halogens is 4. The normalized spacial score (nSPS) is 11.6. The van der Waals surface area contributed by atoms with E-state index in [4.69, 9.17) is 34.3 Å². The first-order chi connectivity index (χ1) is 20.5. The molecule has 6 rings (SSSR count). The number of hydrogen-bond acceptors (Lipinski definition) is 7. The molecule has 3 aromatic carbocycles. The molecule has 15 heteroatoms. The van der Waals surface area contributed by atoms with Crippen LogP contribution in [0, 0.1) is 17.0 Å². The van der Waals surface area contributed by atoms with E-state index in [1.54, 1.807) is 22.9 Å². The quantitative estimate of drug-likeness (QED) is 0.117. The second-order valence-corrected chi connectivity index (χ2v) is 11.6. The van der Waals surface area contributed by atoms with Crippen LogP contribution in [0.15, 0.2) is 84.1 Å². The zero-order chi connectivity index (χ0) is 30.5. The molecule has 43 heavy (non-hydrogen) atoms. The molecule has 0 bridgehead atoms. The van der Waals surface area contributed by atoms with E-state index in [1.807, 2.05) is 24.3 Å². The molecule has 6 aromatic rings. The van der Waals surface area contributed by atoms with E-state index in [0.29, 0.717) is 16.9 Å². The number of benzene rings is 3. The third-order valence-electron chi connectivity index (χ3n) is 6.50. The van der Waals surface area contributed by atoms with E-state index >= 15 is 4.39 Å². The van der Waals surface area contributed by atoms with Crippen LogP contribution in [0.1, 0.15) is 5.56 Å². The number of nitrogens with zero attached hydrogens (tertiary/aromatic N) is 4. The van der Waals surface area contributed by atoms with Crippen LogP contribution in [0.25, 0.3) is 27.8 Å². The first-order valence-electron chi connectivity index (χ1n) is 12.3. The number of para-hydroxylation sites is 1. The summed E-state index contributed by atoms with van der Waals surface area (Å²) in [6.45, 7) is 0. The molecule has 0 saturated heterocycles. The molecule has 0 atom stereocenters. The molecule has 0 amide bonds. The Kier molecular flexibility index (Phi) is 7.08. The number of sulfonamides is 1. The lowest BCUT2D eigenvalue weighted by Crippen LogP contribution is -2.15. The first kappa shape index (κ1) is 28.3. The zero-order valence-electron chi connectivity index (χ0n) is 21.6. The summed E-state index contributed by atoms with van der Waals surface area (Å²) in [7, 11) is -4.41. The van der Waals surface area contributed by atoms with Crippen molar-refractivity contribution in [1.29, 1.82) is 5.41 Å². The second-order valence-electron chi connectivity index (χ2n) is 9.17. The largest absolute Gasteiger partial charge is 0.384 e. The highest BCUT2D eigenvalue weighted by Gasteiger charge is 2.24. The van der Waals surface area contributed by atoms with Gasteiger partial charge in [-0.25, -0.2) is 32.2 Å². The van der Waals surface area contributed by atoms with Crippen LogP contribution < -0.4 is 15.8 Å². The maximum atomic E-state index is 15.7. The number of rotatable bonds is 7. The van der Waals surface area contributed by atoms with Crippen LogP contribution in [-0.2, 0) is 10.0 Å². The summed E-state index contributed by atoms with van der Waals surface area (Å²) in [5.41, 5.74) is 6.30. The SMILES string of the molecule is N=C(N)c1cn(-c2ccc3ncnc(Nc4c(F)ccc(NS(=O)(=O)c5cccc(Cl)c5Cl)c4F)c3n2)c2ccccc12. The Hall–Kier alpha value is -4.85. The van der Waals surface area contributed by atoms with Crippen molar-refractivity contribution in [3.63, 3.8) is 0 Å². The van der Waals surface area contributed by atoms with Crippen LogP contribution in [0.4, 0.5) is 26.0 Å². The number of fused-ring (bicyclic) bond motifs is 2. The molecule has 0 unspecified atom stereocenters. The molecular formula is C28H18Cl2F2N8O2S. The lowest BCUT2D eigenvalue weighted by Gasteiger charge is -2.15. The number of amidine groups is 1. The van der Waals surface area contributed by atoms with E-state index in [0.717, 1.165) is 23.0 Å². The maximum absolute atomic E-state index is 15.7. The molecule has 0 aliphatic heterocycles. The van der Waals surface area contributed by atoms with Gasteiger partial charge in [-0.2, -0.15) is 0 Å². The molecule has 0 saturated carbocycles. The number of aromatic nitrogens is 4. The van der Waals surface area contributed by atoms with Crippen LogP contribution in [0.2, 0.25) is 10.0 Å². The summed E-state index contributed by atoms with van der Waals surface area (Å²) in [5, 5.41) is 11.0. The van der Waals surface area contributed by atoms with Crippen molar-refractivity contribution in [3.8, 4) is 5.82 Å². The van der Waals surface area contributed by atoms with Gasteiger partial charge in [0.1, 0.15) is 39.9 Å². The second kappa shape index (κ2) is 10.8. The van der Waals surface area contributed by atoms with Crippen molar-refractivity contribution in [3.05, 3.63) is 106 Å². The molecule has 3 heterocycles. The van der Waals surface area contributed by atoms with E-state index < -0.39 is 33.0 Å². The zero-order valence-corrected chi connectivity index (χ0v) is 23.9. The summed E-state index contributed by atoms with van der Waals surface area (Å²) in [6, 6.07) is 16.4. The van der Waals surface area contributed by atoms with Gasteiger partial charge in [0.15, 0.2) is 11.6 Å². The molecule has 0 spiro atoms. The van der Waals surface area contributed by atoms with E-state index in [1.165, 1.54) is 24.5 Å². The van der Waals surface area contributed by atoms with Crippen LogP contribution >= 0.6 is 23.2 Å². The van der Waals surface area contributed by atoms with Gasteiger partial charge < -0.3 is 15.6 Å². The minimum Gasteiger partial charge on any atom is -0.384 e. The van der Waals surface area contributed by atoms with Gasteiger partial charge in [-0.3, -0.25) is 10.1 Å². The smallest absolute Gasteiger partial charge is 0.263 e. The van der Waals surface area contributed by atoms with Crippen molar-refractivity contribution < 1.29 is 17.2 Å². The lowest BCUT2D eigenvalue weighted by atomic mass is 10.1. The monoisotopic (exact) mass is 638 g/mol. The minimum atomic E-state index is -4.41. The number of anilines is 3.